The molecular formula is C21H18ClN5O2. The van der Waals surface area contributed by atoms with Crippen molar-refractivity contribution in [3.8, 4) is 17.1 Å². The van der Waals surface area contributed by atoms with E-state index in [1.165, 1.54) is 6.92 Å². The first-order chi connectivity index (χ1) is 14.1. The Balaban J connectivity index is 1.93. The van der Waals surface area contributed by atoms with Gasteiger partial charge in [0.05, 0.1) is 11.3 Å². The molecule has 0 aliphatic heterocycles. The summed E-state index contributed by atoms with van der Waals surface area (Å²) in [5.74, 6) is 1.07. The molecule has 0 saturated carbocycles. The van der Waals surface area contributed by atoms with E-state index >= 15 is 0 Å². The highest BCUT2D eigenvalue weighted by molar-refractivity contribution is 6.17. The van der Waals surface area contributed by atoms with Gasteiger partial charge in [0.2, 0.25) is 0 Å². The smallest absolute Gasteiger partial charge is 0.303 e. The molecule has 0 spiro atoms. The maximum Gasteiger partial charge on any atom is 0.303 e. The van der Waals surface area contributed by atoms with E-state index in [9.17, 15) is 4.79 Å². The highest BCUT2D eigenvalue weighted by atomic mass is 35.5. The van der Waals surface area contributed by atoms with Crippen molar-refractivity contribution in [3.63, 3.8) is 0 Å². The van der Waals surface area contributed by atoms with Crippen LogP contribution in [-0.2, 0) is 22.0 Å². The van der Waals surface area contributed by atoms with Gasteiger partial charge in [-0.25, -0.2) is 15.0 Å². The number of carbonyl (C=O) groups is 1. The van der Waals surface area contributed by atoms with Gasteiger partial charge in [-0.3, -0.25) is 9.36 Å². The van der Waals surface area contributed by atoms with Crippen LogP contribution in [-0.4, -0.2) is 25.5 Å². The van der Waals surface area contributed by atoms with Gasteiger partial charge in [-0.2, -0.15) is 0 Å². The van der Waals surface area contributed by atoms with Crippen molar-refractivity contribution in [1.82, 2.24) is 19.5 Å². The summed E-state index contributed by atoms with van der Waals surface area (Å²) in [4.78, 5) is 24.8. The molecule has 29 heavy (non-hydrogen) atoms. The van der Waals surface area contributed by atoms with Crippen LogP contribution >= 0.6 is 11.6 Å². The monoisotopic (exact) mass is 407 g/mol. The summed E-state index contributed by atoms with van der Waals surface area (Å²) in [6.07, 6.45) is 1.64. The summed E-state index contributed by atoms with van der Waals surface area (Å²) in [6.45, 7) is 1.45. The van der Waals surface area contributed by atoms with Crippen LogP contribution in [0.5, 0.6) is 0 Å². The first kappa shape index (κ1) is 18.9. The van der Waals surface area contributed by atoms with Crippen molar-refractivity contribution >= 4 is 34.6 Å². The minimum Gasteiger partial charge on any atom is -0.459 e. The maximum atomic E-state index is 11.2. The zero-order valence-corrected chi connectivity index (χ0v) is 16.4. The molecule has 3 heterocycles. The SMILES string of the molecule is CC(=O)OCc1ccc2nc(-c3cccnc3N)n(-c3ccc(CCl)cc3)c2n1. The number of alkyl halides is 1. The van der Waals surface area contributed by atoms with Crippen LogP contribution in [0.1, 0.15) is 18.2 Å². The van der Waals surface area contributed by atoms with Crippen LogP contribution in [0, 0.1) is 0 Å². The van der Waals surface area contributed by atoms with Crippen molar-refractivity contribution in [3.05, 3.63) is 66.0 Å². The normalized spacial score (nSPS) is 11.0. The number of fused-ring (bicyclic) bond motifs is 1. The molecule has 2 N–H and O–H groups in total. The van der Waals surface area contributed by atoms with Crippen LogP contribution < -0.4 is 5.73 Å². The van der Waals surface area contributed by atoms with Gasteiger partial charge in [-0.15, -0.1) is 11.6 Å². The van der Waals surface area contributed by atoms with E-state index in [4.69, 9.17) is 27.1 Å². The fourth-order valence-electron chi connectivity index (χ4n) is 3.02. The molecule has 0 unspecified atom stereocenters. The van der Waals surface area contributed by atoms with Gasteiger partial charge in [-0.05, 0) is 42.0 Å². The van der Waals surface area contributed by atoms with Crippen LogP contribution in [0.4, 0.5) is 5.82 Å². The summed E-state index contributed by atoms with van der Waals surface area (Å²) < 4.78 is 7.00. The topological polar surface area (TPSA) is 95.9 Å². The fraction of sp³-hybridized carbons (Fsp3) is 0.143. The molecule has 0 saturated heterocycles. The highest BCUT2D eigenvalue weighted by Crippen LogP contribution is 2.30. The van der Waals surface area contributed by atoms with E-state index in [0.717, 1.165) is 11.3 Å². The first-order valence-corrected chi connectivity index (χ1v) is 9.48. The number of nitrogen functional groups attached to an aromatic ring is 1. The third-order valence-electron chi connectivity index (χ3n) is 4.41. The number of ether oxygens (including phenoxy) is 1. The molecule has 4 aromatic rings. The van der Waals surface area contributed by atoms with Crippen molar-refractivity contribution in [2.45, 2.75) is 19.4 Å². The Hall–Kier alpha value is -3.45. The molecule has 0 radical (unpaired) electrons. The van der Waals surface area contributed by atoms with Crippen molar-refractivity contribution in [2.75, 3.05) is 5.73 Å². The fourth-order valence-corrected chi connectivity index (χ4v) is 3.20. The van der Waals surface area contributed by atoms with E-state index in [0.29, 0.717) is 39.9 Å². The van der Waals surface area contributed by atoms with Crippen molar-refractivity contribution in [2.24, 2.45) is 0 Å². The lowest BCUT2D eigenvalue weighted by atomic mass is 10.2. The lowest BCUT2D eigenvalue weighted by molar-refractivity contribution is -0.142. The molecule has 0 aliphatic rings. The van der Waals surface area contributed by atoms with Crippen molar-refractivity contribution < 1.29 is 9.53 Å². The minimum absolute atomic E-state index is 0.0893. The Kier molecular flexibility index (Phi) is 5.14. The van der Waals surface area contributed by atoms with Gasteiger partial charge in [0.25, 0.3) is 0 Å². The molecule has 7 nitrogen and oxygen atoms in total. The molecule has 4 rings (SSSR count). The number of aromatic nitrogens is 4. The quantitative estimate of drug-likeness (QED) is 0.398. The molecule has 0 atom stereocenters. The molecule has 0 fully saturated rings. The van der Waals surface area contributed by atoms with Crippen LogP contribution in [0.2, 0.25) is 0 Å². The Morgan fingerprint density at radius 2 is 1.93 bits per heavy atom. The summed E-state index contributed by atoms with van der Waals surface area (Å²) in [7, 11) is 0. The van der Waals surface area contributed by atoms with Crippen LogP contribution in [0.3, 0.4) is 0 Å². The summed E-state index contributed by atoms with van der Waals surface area (Å²) in [5.41, 5.74) is 10.6. The number of pyridine rings is 2. The van der Waals surface area contributed by atoms with Gasteiger partial charge < -0.3 is 10.5 Å². The molecule has 1 aromatic carbocycles. The summed E-state index contributed by atoms with van der Waals surface area (Å²) >= 11 is 5.93. The second-order valence-electron chi connectivity index (χ2n) is 6.43. The van der Waals surface area contributed by atoms with Gasteiger partial charge in [0.15, 0.2) is 11.5 Å². The van der Waals surface area contributed by atoms with E-state index in [1.807, 2.05) is 47.0 Å². The Labute approximate surface area is 172 Å². The zero-order valence-electron chi connectivity index (χ0n) is 15.7. The van der Waals surface area contributed by atoms with E-state index < -0.39 is 0 Å². The largest absolute Gasteiger partial charge is 0.459 e. The minimum atomic E-state index is -0.360. The highest BCUT2D eigenvalue weighted by Gasteiger charge is 2.18. The number of nitrogens with two attached hydrogens (primary N) is 1. The number of nitrogens with zero attached hydrogens (tertiary/aromatic N) is 4. The predicted octanol–water partition coefficient (Wildman–Crippen LogP) is 3.87. The molecular weight excluding hydrogens is 390 g/mol. The second kappa shape index (κ2) is 7.89. The number of esters is 1. The van der Waals surface area contributed by atoms with Crippen LogP contribution in [0.25, 0.3) is 28.2 Å². The van der Waals surface area contributed by atoms with E-state index in [1.54, 1.807) is 12.3 Å². The number of hydrogen-bond acceptors (Lipinski definition) is 6. The standard InChI is InChI=1S/C21H18ClN5O2/c1-13(28)29-12-15-6-9-18-21(25-15)27(16-7-4-14(11-22)5-8-16)20(26-18)17-3-2-10-24-19(17)23/h2-10H,11-12H2,1H3,(H2,23,24). The number of imidazole rings is 1. The predicted molar refractivity (Wildman–Crippen MR) is 112 cm³/mol. The molecule has 0 amide bonds. The average Bonchev–Trinajstić information content (AvgIpc) is 3.11. The molecule has 0 aliphatic carbocycles. The zero-order chi connectivity index (χ0) is 20.4. The molecule has 146 valence electrons. The first-order valence-electron chi connectivity index (χ1n) is 8.94. The van der Waals surface area contributed by atoms with Gasteiger partial charge in [-0.1, -0.05) is 12.1 Å². The van der Waals surface area contributed by atoms with Crippen molar-refractivity contribution in [1.29, 1.82) is 0 Å². The number of hydrogen-bond donors (Lipinski definition) is 1. The Bertz CT molecular complexity index is 1190. The average molecular weight is 408 g/mol. The second-order valence-corrected chi connectivity index (χ2v) is 6.70. The van der Waals surface area contributed by atoms with Gasteiger partial charge in [0.1, 0.15) is 17.9 Å². The summed E-state index contributed by atoms with van der Waals surface area (Å²) in [6, 6.07) is 15.1. The number of benzene rings is 1. The van der Waals surface area contributed by atoms with Gasteiger partial charge >= 0.3 is 5.97 Å². The number of anilines is 1. The maximum absolute atomic E-state index is 11.2. The van der Waals surface area contributed by atoms with Gasteiger partial charge in [0, 0.05) is 24.7 Å². The molecule has 0 bridgehead atoms. The number of halogens is 1. The lowest BCUT2D eigenvalue weighted by Gasteiger charge is -2.11. The third kappa shape index (κ3) is 3.77. The Morgan fingerprint density at radius 1 is 1.14 bits per heavy atom. The molecule has 3 aromatic heterocycles. The Morgan fingerprint density at radius 3 is 2.62 bits per heavy atom. The number of carbonyl (C=O) groups excluding carboxylic acids is 1. The van der Waals surface area contributed by atoms with Crippen LogP contribution in [0.15, 0.2) is 54.7 Å². The lowest BCUT2D eigenvalue weighted by Crippen LogP contribution is -2.04. The molecule has 8 heteroatoms. The third-order valence-corrected chi connectivity index (χ3v) is 4.72. The summed E-state index contributed by atoms with van der Waals surface area (Å²) in [5, 5.41) is 0. The van der Waals surface area contributed by atoms with E-state index in [-0.39, 0.29) is 12.6 Å². The van der Waals surface area contributed by atoms with E-state index in [2.05, 4.69) is 9.97 Å². The number of rotatable bonds is 5.